The van der Waals surface area contributed by atoms with E-state index in [1.807, 2.05) is 41.8 Å². The van der Waals surface area contributed by atoms with Crippen molar-refractivity contribution < 1.29 is 17.9 Å². The number of hydrogen-bond acceptors (Lipinski definition) is 6. The average Bonchev–Trinajstić information content (AvgIpc) is 3.19. The Morgan fingerprint density at radius 3 is 2.30 bits per heavy atom. The fourth-order valence-electron chi connectivity index (χ4n) is 2.35. The van der Waals surface area contributed by atoms with E-state index in [-0.39, 0.29) is 12.3 Å². The molecule has 0 fully saturated rings. The van der Waals surface area contributed by atoms with Crippen molar-refractivity contribution in [3.8, 4) is 16.7 Å². The number of ether oxygens (including phenoxy) is 2. The van der Waals surface area contributed by atoms with Crippen LogP contribution < -0.4 is 14.2 Å². The zero-order valence-electron chi connectivity index (χ0n) is 14.8. The minimum absolute atomic E-state index is 0.0323. The summed E-state index contributed by atoms with van der Waals surface area (Å²) in [7, 11) is -1.77. The van der Waals surface area contributed by atoms with Crippen molar-refractivity contribution in [3.05, 3.63) is 71.2 Å². The van der Waals surface area contributed by atoms with E-state index in [1.165, 1.54) is 11.3 Å². The van der Waals surface area contributed by atoms with Crippen molar-refractivity contribution in [2.24, 2.45) is 0 Å². The van der Waals surface area contributed by atoms with E-state index < -0.39 is 10.0 Å². The van der Waals surface area contributed by atoms with Gasteiger partial charge in [-0.25, -0.2) is 18.1 Å². The third-order valence-electron chi connectivity index (χ3n) is 3.85. The van der Waals surface area contributed by atoms with Gasteiger partial charge in [-0.2, -0.15) is 0 Å². The molecule has 0 aliphatic heterocycles. The molecule has 6 nitrogen and oxygen atoms in total. The SMILES string of the molecule is COc1ccc(CCS(=O)(=O)NCc2ccc(Oc3nccs3)cc2)cc1. The highest BCUT2D eigenvalue weighted by Gasteiger charge is 2.10. The van der Waals surface area contributed by atoms with E-state index >= 15 is 0 Å². The summed E-state index contributed by atoms with van der Waals surface area (Å²) in [6.07, 6.45) is 2.12. The summed E-state index contributed by atoms with van der Waals surface area (Å²) < 4.78 is 37.7. The molecule has 1 N–H and O–H groups in total. The predicted molar refractivity (Wildman–Crippen MR) is 106 cm³/mol. The number of benzene rings is 2. The van der Waals surface area contributed by atoms with E-state index in [0.717, 1.165) is 16.9 Å². The Labute approximate surface area is 162 Å². The summed E-state index contributed by atoms with van der Waals surface area (Å²) in [5.41, 5.74) is 1.80. The van der Waals surface area contributed by atoms with Gasteiger partial charge in [0.15, 0.2) is 0 Å². The predicted octanol–water partition coefficient (Wildman–Crippen LogP) is 3.61. The van der Waals surface area contributed by atoms with Crippen LogP contribution in [0.2, 0.25) is 0 Å². The van der Waals surface area contributed by atoms with Crippen molar-refractivity contribution in [1.29, 1.82) is 0 Å². The van der Waals surface area contributed by atoms with Gasteiger partial charge in [0.25, 0.3) is 5.19 Å². The topological polar surface area (TPSA) is 77.5 Å². The van der Waals surface area contributed by atoms with Crippen molar-refractivity contribution in [2.75, 3.05) is 12.9 Å². The maximum atomic E-state index is 12.2. The third-order valence-corrected chi connectivity index (χ3v) is 5.83. The smallest absolute Gasteiger partial charge is 0.278 e. The lowest BCUT2D eigenvalue weighted by Gasteiger charge is -2.08. The molecule has 142 valence electrons. The fourth-order valence-corrected chi connectivity index (χ4v) is 3.89. The molecule has 0 saturated heterocycles. The lowest BCUT2D eigenvalue weighted by Crippen LogP contribution is -2.26. The van der Waals surface area contributed by atoms with Crippen LogP contribution >= 0.6 is 11.3 Å². The summed E-state index contributed by atoms with van der Waals surface area (Å²) in [4.78, 5) is 4.06. The summed E-state index contributed by atoms with van der Waals surface area (Å²) >= 11 is 1.41. The summed E-state index contributed by atoms with van der Waals surface area (Å²) in [6.45, 7) is 0.239. The number of nitrogens with one attached hydrogen (secondary N) is 1. The number of thiazole rings is 1. The van der Waals surface area contributed by atoms with Gasteiger partial charge in [-0.15, -0.1) is 0 Å². The van der Waals surface area contributed by atoms with Crippen LogP contribution in [0.25, 0.3) is 0 Å². The summed E-state index contributed by atoms with van der Waals surface area (Å²) in [6, 6.07) is 14.6. The van der Waals surface area contributed by atoms with E-state index in [1.54, 1.807) is 25.4 Å². The number of rotatable bonds is 9. The van der Waals surface area contributed by atoms with Crippen LogP contribution in [0.4, 0.5) is 0 Å². The zero-order chi connectivity index (χ0) is 19.1. The van der Waals surface area contributed by atoms with Crippen molar-refractivity contribution in [2.45, 2.75) is 13.0 Å². The lowest BCUT2D eigenvalue weighted by atomic mass is 10.2. The molecule has 0 amide bonds. The molecule has 8 heteroatoms. The van der Waals surface area contributed by atoms with E-state index in [2.05, 4.69) is 9.71 Å². The molecule has 0 saturated carbocycles. The first kappa shape index (κ1) is 19.3. The maximum absolute atomic E-state index is 12.2. The normalized spacial score (nSPS) is 11.3. The van der Waals surface area contributed by atoms with Crippen LogP contribution in [0.15, 0.2) is 60.1 Å². The lowest BCUT2D eigenvalue weighted by molar-refractivity contribution is 0.414. The molecule has 0 aliphatic rings. The monoisotopic (exact) mass is 404 g/mol. The highest BCUT2D eigenvalue weighted by molar-refractivity contribution is 7.89. The summed E-state index contributed by atoms with van der Waals surface area (Å²) in [5, 5.41) is 2.41. The van der Waals surface area contributed by atoms with Gasteiger partial charge in [0.05, 0.1) is 12.9 Å². The number of nitrogens with zero attached hydrogens (tertiary/aromatic N) is 1. The Kier molecular flexibility index (Phi) is 6.44. The molecule has 0 spiro atoms. The van der Waals surface area contributed by atoms with Gasteiger partial charge in [0.1, 0.15) is 11.5 Å². The van der Waals surface area contributed by atoms with Gasteiger partial charge >= 0.3 is 0 Å². The van der Waals surface area contributed by atoms with Gasteiger partial charge in [0, 0.05) is 18.1 Å². The molecule has 0 unspecified atom stereocenters. The van der Waals surface area contributed by atoms with E-state index in [4.69, 9.17) is 9.47 Å². The molecule has 0 radical (unpaired) electrons. The van der Waals surface area contributed by atoms with E-state index in [0.29, 0.717) is 17.4 Å². The number of sulfonamides is 1. The first-order chi connectivity index (χ1) is 13.0. The molecule has 0 atom stereocenters. The molecule has 27 heavy (non-hydrogen) atoms. The van der Waals surface area contributed by atoms with Gasteiger partial charge in [-0.1, -0.05) is 35.6 Å². The summed E-state index contributed by atoms with van der Waals surface area (Å²) in [5.74, 6) is 1.45. The first-order valence-electron chi connectivity index (χ1n) is 8.31. The van der Waals surface area contributed by atoms with Crippen molar-refractivity contribution in [3.63, 3.8) is 0 Å². The molecule has 0 bridgehead atoms. The Morgan fingerprint density at radius 2 is 1.67 bits per heavy atom. The molecular weight excluding hydrogens is 384 g/mol. The van der Waals surface area contributed by atoms with Crippen molar-refractivity contribution in [1.82, 2.24) is 9.71 Å². The standard InChI is InChI=1S/C19H20N2O4S2/c1-24-17-6-2-15(3-7-17)10-13-27(22,23)21-14-16-4-8-18(9-5-16)25-19-20-11-12-26-19/h2-9,11-12,21H,10,13-14H2,1H3. The molecule has 0 aliphatic carbocycles. The van der Waals surface area contributed by atoms with Crippen LogP contribution in [0.5, 0.6) is 16.7 Å². The highest BCUT2D eigenvalue weighted by Crippen LogP contribution is 2.23. The molecule has 1 aromatic heterocycles. The number of methoxy groups -OCH3 is 1. The minimum Gasteiger partial charge on any atom is -0.497 e. The van der Waals surface area contributed by atoms with Gasteiger partial charge in [-0.05, 0) is 41.8 Å². The van der Waals surface area contributed by atoms with Gasteiger partial charge in [0.2, 0.25) is 10.0 Å². The average molecular weight is 405 g/mol. The van der Waals surface area contributed by atoms with Crippen LogP contribution in [-0.2, 0) is 23.0 Å². The number of aryl methyl sites for hydroxylation is 1. The minimum atomic E-state index is -3.37. The first-order valence-corrected chi connectivity index (χ1v) is 10.8. The highest BCUT2D eigenvalue weighted by atomic mass is 32.2. The molecule has 3 aromatic rings. The van der Waals surface area contributed by atoms with Crippen LogP contribution in [0.3, 0.4) is 0 Å². The van der Waals surface area contributed by atoms with E-state index in [9.17, 15) is 8.42 Å². The largest absolute Gasteiger partial charge is 0.497 e. The molecule has 2 aromatic carbocycles. The Hall–Kier alpha value is -2.42. The molecule has 1 heterocycles. The molecular formula is C19H20N2O4S2. The number of aromatic nitrogens is 1. The second-order valence-electron chi connectivity index (χ2n) is 5.78. The molecule has 3 rings (SSSR count). The van der Waals surface area contributed by atoms with Crippen molar-refractivity contribution >= 4 is 21.4 Å². The Bertz CT molecular complexity index is 938. The van der Waals surface area contributed by atoms with Crippen LogP contribution in [-0.4, -0.2) is 26.3 Å². The van der Waals surface area contributed by atoms with Crippen LogP contribution in [0.1, 0.15) is 11.1 Å². The third kappa shape index (κ3) is 6.06. The quantitative estimate of drug-likeness (QED) is 0.590. The van der Waals surface area contributed by atoms with Crippen LogP contribution in [0, 0.1) is 0 Å². The second kappa shape index (κ2) is 8.98. The second-order valence-corrected chi connectivity index (χ2v) is 8.57. The number of hydrogen-bond donors (Lipinski definition) is 1. The van der Waals surface area contributed by atoms with Gasteiger partial charge < -0.3 is 9.47 Å². The van der Waals surface area contributed by atoms with Gasteiger partial charge in [-0.3, -0.25) is 0 Å². The zero-order valence-corrected chi connectivity index (χ0v) is 16.4. The Balaban J connectivity index is 1.48. The Morgan fingerprint density at radius 1 is 1.00 bits per heavy atom. The maximum Gasteiger partial charge on any atom is 0.278 e. The fraction of sp³-hybridized carbons (Fsp3) is 0.211.